The number of hydrogen-bond donors (Lipinski definition) is 3. The van der Waals surface area contributed by atoms with Crippen molar-refractivity contribution < 1.29 is 28.2 Å². The molecule has 7 heteroatoms. The van der Waals surface area contributed by atoms with Crippen LogP contribution in [0.2, 0.25) is 0 Å². The Hall–Kier alpha value is -1.60. The summed E-state index contributed by atoms with van der Waals surface area (Å²) in [4.78, 5) is 11.5. The lowest BCUT2D eigenvalue weighted by atomic mass is 10.1. The van der Waals surface area contributed by atoms with E-state index in [-0.39, 0.29) is 5.56 Å². The van der Waals surface area contributed by atoms with Gasteiger partial charge in [0.15, 0.2) is 6.29 Å². The number of amides is 1. The number of rotatable bonds is 3. The van der Waals surface area contributed by atoms with Crippen molar-refractivity contribution in [2.75, 3.05) is 0 Å². The van der Waals surface area contributed by atoms with Crippen LogP contribution in [0.15, 0.2) is 24.3 Å². The second kappa shape index (κ2) is 5.36. The zero-order chi connectivity index (χ0) is 13.9. The summed E-state index contributed by atoms with van der Waals surface area (Å²) in [6, 6.07) is 2.70. The number of hydrogen-bond acceptors (Lipinski definition) is 3. The minimum atomic E-state index is -4.45. The first-order valence-electron chi connectivity index (χ1n) is 5.06. The highest BCUT2D eigenvalue weighted by molar-refractivity contribution is 5.94. The molecule has 0 bridgehead atoms. The number of aliphatic hydroxyl groups is 2. The molecule has 0 heterocycles. The molecule has 0 aliphatic heterocycles. The summed E-state index contributed by atoms with van der Waals surface area (Å²) < 4.78 is 36.8. The standard InChI is InChI=1S/C11H12F3NO3/c1-6(10(17)18)15-9(16)7-2-4-8(5-3-7)11(12,13)14/h2-6,10,17-18H,1H3,(H,15,16). The van der Waals surface area contributed by atoms with Gasteiger partial charge in [0.2, 0.25) is 0 Å². The van der Waals surface area contributed by atoms with E-state index in [0.717, 1.165) is 24.3 Å². The van der Waals surface area contributed by atoms with Crippen LogP contribution in [0.25, 0.3) is 0 Å². The molecule has 0 aromatic heterocycles. The molecule has 0 aliphatic rings. The van der Waals surface area contributed by atoms with Crippen molar-refractivity contribution in [3.63, 3.8) is 0 Å². The fraction of sp³-hybridized carbons (Fsp3) is 0.364. The molecule has 0 fully saturated rings. The summed E-state index contributed by atoms with van der Waals surface area (Å²) in [6.07, 6.45) is -6.19. The molecule has 1 aromatic rings. The summed E-state index contributed by atoms with van der Waals surface area (Å²) in [7, 11) is 0. The van der Waals surface area contributed by atoms with Gasteiger partial charge in [0.05, 0.1) is 11.6 Å². The van der Waals surface area contributed by atoms with Crippen LogP contribution in [0.5, 0.6) is 0 Å². The van der Waals surface area contributed by atoms with Crippen LogP contribution in [0.1, 0.15) is 22.8 Å². The Labute approximate surface area is 101 Å². The van der Waals surface area contributed by atoms with Gasteiger partial charge >= 0.3 is 6.18 Å². The maximum atomic E-state index is 12.3. The summed E-state index contributed by atoms with van der Waals surface area (Å²) in [5.74, 6) is -0.677. The fourth-order valence-electron chi connectivity index (χ4n) is 1.18. The fourth-order valence-corrected chi connectivity index (χ4v) is 1.18. The van der Waals surface area contributed by atoms with Crippen LogP contribution in [0.4, 0.5) is 13.2 Å². The first-order valence-corrected chi connectivity index (χ1v) is 5.06. The van der Waals surface area contributed by atoms with Crippen molar-refractivity contribution in [3.05, 3.63) is 35.4 Å². The molecule has 0 radical (unpaired) electrons. The van der Waals surface area contributed by atoms with Crippen LogP contribution in [-0.2, 0) is 6.18 Å². The molecule has 1 aromatic carbocycles. The summed E-state index contributed by atoms with van der Waals surface area (Å²) >= 11 is 0. The van der Waals surface area contributed by atoms with E-state index in [9.17, 15) is 18.0 Å². The minimum Gasteiger partial charge on any atom is -0.366 e. The quantitative estimate of drug-likeness (QED) is 0.716. The van der Waals surface area contributed by atoms with Gasteiger partial charge in [-0.05, 0) is 31.2 Å². The Morgan fingerprint density at radius 1 is 1.22 bits per heavy atom. The largest absolute Gasteiger partial charge is 0.416 e. The molecule has 0 saturated carbocycles. The SMILES string of the molecule is CC(NC(=O)c1ccc(C(F)(F)F)cc1)C(O)O. The van der Waals surface area contributed by atoms with Crippen LogP contribution < -0.4 is 5.32 Å². The van der Waals surface area contributed by atoms with Gasteiger partial charge in [-0.15, -0.1) is 0 Å². The van der Waals surface area contributed by atoms with Crippen molar-refractivity contribution in [1.29, 1.82) is 0 Å². The van der Waals surface area contributed by atoms with E-state index in [1.54, 1.807) is 0 Å². The number of alkyl halides is 3. The lowest BCUT2D eigenvalue weighted by Gasteiger charge is -2.15. The Kier molecular flexibility index (Phi) is 4.31. The Balaban J connectivity index is 2.77. The van der Waals surface area contributed by atoms with E-state index in [1.165, 1.54) is 6.92 Å². The van der Waals surface area contributed by atoms with Crippen molar-refractivity contribution in [2.45, 2.75) is 25.4 Å². The van der Waals surface area contributed by atoms with Crippen molar-refractivity contribution >= 4 is 5.91 Å². The third-order valence-corrected chi connectivity index (χ3v) is 2.28. The van der Waals surface area contributed by atoms with E-state index >= 15 is 0 Å². The average molecular weight is 263 g/mol. The van der Waals surface area contributed by atoms with Gasteiger partial charge in [0, 0.05) is 5.56 Å². The van der Waals surface area contributed by atoms with Crippen LogP contribution in [0, 0.1) is 0 Å². The van der Waals surface area contributed by atoms with E-state index in [0.29, 0.717) is 0 Å². The third-order valence-electron chi connectivity index (χ3n) is 2.28. The van der Waals surface area contributed by atoms with E-state index < -0.39 is 30.0 Å². The molecular weight excluding hydrogens is 251 g/mol. The highest BCUT2D eigenvalue weighted by Crippen LogP contribution is 2.29. The predicted molar refractivity (Wildman–Crippen MR) is 56.6 cm³/mol. The monoisotopic (exact) mass is 263 g/mol. The number of carbonyl (C=O) groups excluding carboxylic acids is 1. The van der Waals surface area contributed by atoms with Gasteiger partial charge in [0.1, 0.15) is 0 Å². The van der Waals surface area contributed by atoms with Gasteiger partial charge in [0.25, 0.3) is 5.91 Å². The molecule has 18 heavy (non-hydrogen) atoms. The number of aliphatic hydroxyl groups excluding tert-OH is 1. The molecule has 3 N–H and O–H groups in total. The topological polar surface area (TPSA) is 69.6 Å². The number of halogens is 3. The summed E-state index contributed by atoms with van der Waals surface area (Å²) in [5, 5.41) is 19.8. The minimum absolute atomic E-state index is 0.00972. The van der Waals surface area contributed by atoms with Gasteiger partial charge in [-0.3, -0.25) is 4.79 Å². The van der Waals surface area contributed by atoms with Crippen molar-refractivity contribution in [3.8, 4) is 0 Å². The van der Waals surface area contributed by atoms with Crippen molar-refractivity contribution in [2.24, 2.45) is 0 Å². The van der Waals surface area contributed by atoms with Gasteiger partial charge in [-0.25, -0.2) is 0 Å². The first-order chi connectivity index (χ1) is 8.21. The zero-order valence-electron chi connectivity index (χ0n) is 9.40. The normalized spacial score (nSPS) is 13.5. The van der Waals surface area contributed by atoms with E-state index in [2.05, 4.69) is 5.32 Å². The van der Waals surface area contributed by atoms with Crippen molar-refractivity contribution in [1.82, 2.24) is 5.32 Å². The van der Waals surface area contributed by atoms with Crippen LogP contribution in [0.3, 0.4) is 0 Å². The summed E-state index contributed by atoms with van der Waals surface area (Å²) in [6.45, 7) is 1.35. The van der Waals surface area contributed by atoms with Gasteiger partial charge < -0.3 is 15.5 Å². The molecule has 1 unspecified atom stereocenters. The molecule has 0 saturated heterocycles. The second-order valence-corrected chi connectivity index (χ2v) is 3.75. The van der Waals surface area contributed by atoms with Crippen LogP contribution in [-0.4, -0.2) is 28.5 Å². The molecule has 100 valence electrons. The molecule has 1 rings (SSSR count). The third kappa shape index (κ3) is 3.71. The molecule has 4 nitrogen and oxygen atoms in total. The first kappa shape index (κ1) is 14.5. The smallest absolute Gasteiger partial charge is 0.366 e. The van der Waals surface area contributed by atoms with Crippen LogP contribution >= 0.6 is 0 Å². The molecule has 0 spiro atoms. The Morgan fingerprint density at radius 2 is 1.72 bits per heavy atom. The molecule has 1 amide bonds. The lowest BCUT2D eigenvalue weighted by molar-refractivity contribution is -0.137. The zero-order valence-corrected chi connectivity index (χ0v) is 9.40. The maximum absolute atomic E-state index is 12.3. The highest BCUT2D eigenvalue weighted by Gasteiger charge is 2.30. The lowest BCUT2D eigenvalue weighted by Crippen LogP contribution is -2.40. The second-order valence-electron chi connectivity index (χ2n) is 3.75. The van der Waals surface area contributed by atoms with Gasteiger partial charge in [-0.1, -0.05) is 0 Å². The Bertz CT molecular complexity index is 415. The highest BCUT2D eigenvalue weighted by atomic mass is 19.4. The number of nitrogens with one attached hydrogen (secondary N) is 1. The predicted octanol–water partition coefficient (Wildman–Crippen LogP) is 1.13. The number of benzene rings is 1. The maximum Gasteiger partial charge on any atom is 0.416 e. The molecular formula is C11H12F3NO3. The molecule has 1 atom stereocenters. The average Bonchev–Trinajstić information content (AvgIpc) is 2.27. The van der Waals surface area contributed by atoms with Gasteiger partial charge in [-0.2, -0.15) is 13.2 Å². The van der Waals surface area contributed by atoms with E-state index in [4.69, 9.17) is 10.2 Å². The number of carbonyl (C=O) groups is 1. The van der Waals surface area contributed by atoms with E-state index in [1.807, 2.05) is 0 Å². The molecule has 0 aliphatic carbocycles. The Morgan fingerprint density at radius 3 is 2.11 bits per heavy atom. The summed E-state index contributed by atoms with van der Waals surface area (Å²) in [5.41, 5.74) is -0.843.